The second kappa shape index (κ2) is 4.06. The Labute approximate surface area is 82.7 Å². The van der Waals surface area contributed by atoms with Crippen LogP contribution in [0.4, 0.5) is 0 Å². The predicted octanol–water partition coefficient (Wildman–Crippen LogP) is 0.294. The molecule has 0 aliphatic heterocycles. The molecule has 1 heterocycles. The Hall–Kier alpha value is -0.940. The highest BCUT2D eigenvalue weighted by atomic mass is 16.5. The molecule has 0 aromatic carbocycles. The molecule has 5 heteroatoms. The third-order valence-corrected chi connectivity index (χ3v) is 2.46. The van der Waals surface area contributed by atoms with Gasteiger partial charge in [0.1, 0.15) is 5.69 Å². The molecule has 1 saturated carbocycles. The molecule has 0 amide bonds. The van der Waals surface area contributed by atoms with E-state index in [1.54, 1.807) is 7.11 Å². The summed E-state index contributed by atoms with van der Waals surface area (Å²) in [4.78, 5) is 0. The van der Waals surface area contributed by atoms with Crippen molar-refractivity contribution in [1.29, 1.82) is 0 Å². The number of aliphatic hydroxyl groups excluding tert-OH is 1. The van der Waals surface area contributed by atoms with E-state index in [0.717, 1.165) is 12.1 Å². The molecule has 1 N–H and O–H groups in total. The minimum Gasteiger partial charge on any atom is -0.390 e. The molecule has 0 saturated heterocycles. The number of aliphatic hydroxyl groups is 1. The van der Waals surface area contributed by atoms with Gasteiger partial charge in [-0.2, -0.15) is 0 Å². The van der Waals surface area contributed by atoms with Gasteiger partial charge >= 0.3 is 0 Å². The van der Waals surface area contributed by atoms with E-state index in [0.29, 0.717) is 18.3 Å². The van der Waals surface area contributed by atoms with Crippen molar-refractivity contribution in [2.24, 2.45) is 0 Å². The topological polar surface area (TPSA) is 60.2 Å². The minimum atomic E-state index is -0.0359. The number of hydrogen-bond acceptors (Lipinski definition) is 4. The fourth-order valence-electron chi connectivity index (χ4n) is 1.54. The standard InChI is InChI=1S/C9H15N3O2/c1-14-5-4-9-8(6-13)10-11-12(9)7-2-3-7/h7,13H,2-6H2,1H3. The van der Waals surface area contributed by atoms with E-state index in [9.17, 15) is 0 Å². The molecule has 0 radical (unpaired) electrons. The maximum atomic E-state index is 9.08. The summed E-state index contributed by atoms with van der Waals surface area (Å²) in [6, 6.07) is 0.509. The van der Waals surface area contributed by atoms with Crippen molar-refractivity contribution < 1.29 is 9.84 Å². The van der Waals surface area contributed by atoms with Gasteiger partial charge in [0.2, 0.25) is 0 Å². The molecule has 0 spiro atoms. The largest absolute Gasteiger partial charge is 0.390 e. The normalized spacial score (nSPS) is 16.1. The SMILES string of the molecule is COCCc1c(CO)nnn1C1CC1. The summed E-state index contributed by atoms with van der Waals surface area (Å²) < 4.78 is 6.95. The number of nitrogens with zero attached hydrogens (tertiary/aromatic N) is 3. The van der Waals surface area contributed by atoms with Crippen LogP contribution in [-0.4, -0.2) is 33.8 Å². The van der Waals surface area contributed by atoms with Crippen LogP contribution in [0.15, 0.2) is 0 Å². The predicted molar refractivity (Wildman–Crippen MR) is 49.8 cm³/mol. The first-order chi connectivity index (χ1) is 6.86. The fraction of sp³-hybridized carbons (Fsp3) is 0.778. The van der Waals surface area contributed by atoms with Crippen LogP contribution in [0.3, 0.4) is 0 Å². The molecular formula is C9H15N3O2. The third-order valence-electron chi connectivity index (χ3n) is 2.46. The summed E-state index contributed by atoms with van der Waals surface area (Å²) >= 11 is 0. The second-order valence-corrected chi connectivity index (χ2v) is 3.56. The molecule has 2 rings (SSSR count). The molecule has 0 unspecified atom stereocenters. The van der Waals surface area contributed by atoms with E-state index in [1.807, 2.05) is 4.68 Å². The summed E-state index contributed by atoms with van der Waals surface area (Å²) in [5.41, 5.74) is 1.71. The van der Waals surface area contributed by atoms with Crippen LogP contribution in [0.25, 0.3) is 0 Å². The molecule has 78 valence electrons. The van der Waals surface area contributed by atoms with E-state index >= 15 is 0 Å². The van der Waals surface area contributed by atoms with E-state index < -0.39 is 0 Å². The Morgan fingerprint density at radius 1 is 1.57 bits per heavy atom. The van der Waals surface area contributed by atoms with Gasteiger partial charge < -0.3 is 9.84 Å². The zero-order valence-corrected chi connectivity index (χ0v) is 8.31. The van der Waals surface area contributed by atoms with Crippen molar-refractivity contribution in [3.05, 3.63) is 11.4 Å². The van der Waals surface area contributed by atoms with E-state index in [-0.39, 0.29) is 6.61 Å². The van der Waals surface area contributed by atoms with Crippen LogP contribution < -0.4 is 0 Å². The maximum Gasteiger partial charge on any atom is 0.111 e. The lowest BCUT2D eigenvalue weighted by Gasteiger charge is -2.04. The van der Waals surface area contributed by atoms with Crippen LogP contribution in [0.1, 0.15) is 30.3 Å². The van der Waals surface area contributed by atoms with Gasteiger partial charge in [-0.1, -0.05) is 5.21 Å². The Balaban J connectivity index is 2.17. The van der Waals surface area contributed by atoms with Gasteiger partial charge in [-0.25, -0.2) is 4.68 Å². The number of aromatic nitrogens is 3. The van der Waals surface area contributed by atoms with E-state index in [4.69, 9.17) is 9.84 Å². The van der Waals surface area contributed by atoms with Gasteiger partial charge in [0.25, 0.3) is 0 Å². The molecule has 1 fully saturated rings. The Bertz CT molecular complexity index is 307. The third kappa shape index (κ3) is 1.78. The highest BCUT2D eigenvalue weighted by Gasteiger charge is 2.28. The van der Waals surface area contributed by atoms with Crippen molar-refractivity contribution in [3.63, 3.8) is 0 Å². The lowest BCUT2D eigenvalue weighted by Crippen LogP contribution is -2.07. The zero-order valence-electron chi connectivity index (χ0n) is 8.31. The lowest BCUT2D eigenvalue weighted by atomic mass is 10.2. The van der Waals surface area contributed by atoms with Gasteiger partial charge in [-0.15, -0.1) is 5.10 Å². The van der Waals surface area contributed by atoms with Gasteiger partial charge in [0, 0.05) is 13.5 Å². The highest BCUT2D eigenvalue weighted by Crippen LogP contribution is 2.35. The summed E-state index contributed by atoms with van der Waals surface area (Å²) in [7, 11) is 1.67. The molecule has 1 aliphatic carbocycles. The number of hydrogen-bond donors (Lipinski definition) is 1. The highest BCUT2D eigenvalue weighted by molar-refractivity contribution is 5.11. The van der Waals surface area contributed by atoms with Crippen LogP contribution in [0, 0.1) is 0 Å². The number of ether oxygens (including phenoxy) is 1. The lowest BCUT2D eigenvalue weighted by molar-refractivity contribution is 0.199. The average Bonchev–Trinajstić information content (AvgIpc) is 2.96. The Morgan fingerprint density at radius 2 is 2.36 bits per heavy atom. The molecule has 0 atom stereocenters. The Morgan fingerprint density at radius 3 is 2.93 bits per heavy atom. The monoisotopic (exact) mass is 197 g/mol. The molecule has 5 nitrogen and oxygen atoms in total. The maximum absolute atomic E-state index is 9.08. The summed E-state index contributed by atoms with van der Waals surface area (Å²) in [6.07, 6.45) is 3.12. The first-order valence-electron chi connectivity index (χ1n) is 4.89. The molecule has 1 aromatic rings. The summed E-state index contributed by atoms with van der Waals surface area (Å²) in [5.74, 6) is 0. The van der Waals surface area contributed by atoms with Crippen LogP contribution >= 0.6 is 0 Å². The quantitative estimate of drug-likeness (QED) is 0.737. The Kier molecular flexibility index (Phi) is 2.79. The van der Waals surface area contributed by atoms with Crippen LogP contribution in [0.2, 0.25) is 0 Å². The van der Waals surface area contributed by atoms with Gasteiger partial charge in [-0.3, -0.25) is 0 Å². The molecule has 1 aliphatic rings. The zero-order chi connectivity index (χ0) is 9.97. The van der Waals surface area contributed by atoms with Crippen molar-refractivity contribution in [1.82, 2.24) is 15.0 Å². The summed E-state index contributed by atoms with van der Waals surface area (Å²) in [5, 5.41) is 17.1. The molecule has 1 aromatic heterocycles. The summed E-state index contributed by atoms with van der Waals surface area (Å²) in [6.45, 7) is 0.610. The van der Waals surface area contributed by atoms with Gasteiger partial charge in [0.05, 0.1) is 24.9 Å². The molecular weight excluding hydrogens is 182 g/mol. The van der Waals surface area contributed by atoms with Gasteiger partial charge in [-0.05, 0) is 12.8 Å². The average molecular weight is 197 g/mol. The van der Waals surface area contributed by atoms with Crippen molar-refractivity contribution in [2.45, 2.75) is 31.9 Å². The number of rotatable bonds is 5. The van der Waals surface area contributed by atoms with Crippen LogP contribution in [-0.2, 0) is 17.8 Å². The van der Waals surface area contributed by atoms with Crippen molar-refractivity contribution in [3.8, 4) is 0 Å². The number of methoxy groups -OCH3 is 1. The fourth-order valence-corrected chi connectivity index (χ4v) is 1.54. The molecule has 0 bridgehead atoms. The van der Waals surface area contributed by atoms with E-state index in [1.165, 1.54) is 12.8 Å². The minimum absolute atomic E-state index is 0.0359. The molecule has 14 heavy (non-hydrogen) atoms. The van der Waals surface area contributed by atoms with Crippen molar-refractivity contribution >= 4 is 0 Å². The smallest absolute Gasteiger partial charge is 0.111 e. The first-order valence-corrected chi connectivity index (χ1v) is 4.89. The van der Waals surface area contributed by atoms with Crippen molar-refractivity contribution in [2.75, 3.05) is 13.7 Å². The first kappa shape index (κ1) is 9.61. The second-order valence-electron chi connectivity index (χ2n) is 3.56. The van der Waals surface area contributed by atoms with Crippen LogP contribution in [0.5, 0.6) is 0 Å². The van der Waals surface area contributed by atoms with Gasteiger partial charge in [0.15, 0.2) is 0 Å². The van der Waals surface area contributed by atoms with E-state index in [2.05, 4.69) is 10.3 Å².